The normalized spacial score (nSPS) is 14.8. The van der Waals surface area contributed by atoms with Gasteiger partial charge in [-0.25, -0.2) is 0 Å². The molecule has 0 radical (unpaired) electrons. The van der Waals surface area contributed by atoms with Crippen LogP contribution in [0.4, 0.5) is 0 Å². The number of halogens is 5. The van der Waals surface area contributed by atoms with Crippen LogP contribution in [0.2, 0.25) is 10.0 Å². The molecule has 0 amide bonds. The molecule has 1 unspecified atom stereocenters. The monoisotopic (exact) mass is 382 g/mol. The highest BCUT2D eigenvalue weighted by Crippen LogP contribution is 2.53. The van der Waals surface area contributed by atoms with E-state index in [9.17, 15) is 0 Å². The van der Waals surface area contributed by atoms with Crippen molar-refractivity contribution in [2.24, 2.45) is 0 Å². The van der Waals surface area contributed by atoms with Crippen LogP contribution in [0.1, 0.15) is 11.1 Å². The van der Waals surface area contributed by atoms with Crippen LogP contribution in [0.25, 0.3) is 0 Å². The summed E-state index contributed by atoms with van der Waals surface area (Å²) in [7, 11) is 1.46. The van der Waals surface area contributed by atoms with Crippen LogP contribution in [0.3, 0.4) is 0 Å². The van der Waals surface area contributed by atoms with E-state index in [0.717, 1.165) is 0 Å². The van der Waals surface area contributed by atoms with Crippen LogP contribution in [0.5, 0.6) is 0 Å². The summed E-state index contributed by atoms with van der Waals surface area (Å²) in [4.78, 5) is 0. The summed E-state index contributed by atoms with van der Waals surface area (Å²) in [5, 5.41) is 0.650. The lowest BCUT2D eigenvalue weighted by Gasteiger charge is -2.39. The van der Waals surface area contributed by atoms with Crippen molar-refractivity contribution >= 4 is 58.0 Å². The Labute approximate surface area is 148 Å². The Morgan fingerprint density at radius 2 is 1.48 bits per heavy atom. The molecule has 0 fully saturated rings. The maximum absolute atomic E-state index is 6.32. The molecule has 0 aromatic heterocycles. The van der Waals surface area contributed by atoms with Gasteiger partial charge in [-0.15, -0.1) is 0 Å². The Hall–Kier alpha value is -0.150. The molecule has 0 aliphatic heterocycles. The summed E-state index contributed by atoms with van der Waals surface area (Å²) in [5.41, 5.74) is -0.219. The molecule has 0 spiro atoms. The van der Waals surface area contributed by atoms with E-state index in [1.54, 1.807) is 18.2 Å². The van der Waals surface area contributed by atoms with Gasteiger partial charge in [0.2, 0.25) is 3.79 Å². The van der Waals surface area contributed by atoms with Gasteiger partial charge in [0.25, 0.3) is 0 Å². The second-order valence-corrected chi connectivity index (χ2v) is 7.42. The summed E-state index contributed by atoms with van der Waals surface area (Å²) in [6, 6.07) is 14.3. The van der Waals surface area contributed by atoms with Gasteiger partial charge in [-0.1, -0.05) is 100 Å². The largest absolute Gasteiger partial charge is 0.364 e. The number of rotatable bonds is 3. The zero-order valence-electron chi connectivity index (χ0n) is 10.9. The van der Waals surface area contributed by atoms with Crippen molar-refractivity contribution in [2.75, 3.05) is 7.11 Å². The topological polar surface area (TPSA) is 9.23 Å². The molecular formula is C15H11Cl5O. The molecule has 6 heteroatoms. The fourth-order valence-corrected chi connectivity index (χ4v) is 3.56. The summed E-state index contributed by atoms with van der Waals surface area (Å²) >= 11 is 31.2. The predicted molar refractivity (Wildman–Crippen MR) is 91.0 cm³/mol. The lowest BCUT2D eigenvalue weighted by molar-refractivity contribution is 0.0254. The fourth-order valence-electron chi connectivity index (χ4n) is 2.26. The van der Waals surface area contributed by atoms with E-state index in [1.807, 2.05) is 30.3 Å². The number of benzene rings is 2. The van der Waals surface area contributed by atoms with Crippen LogP contribution in [-0.4, -0.2) is 10.9 Å². The van der Waals surface area contributed by atoms with Gasteiger partial charge in [-0.2, -0.15) is 0 Å². The van der Waals surface area contributed by atoms with E-state index in [2.05, 4.69) is 0 Å². The molecule has 2 aromatic carbocycles. The number of alkyl halides is 3. The maximum atomic E-state index is 6.32. The third-order valence-electron chi connectivity index (χ3n) is 3.22. The van der Waals surface area contributed by atoms with Crippen molar-refractivity contribution in [2.45, 2.75) is 9.39 Å². The van der Waals surface area contributed by atoms with Gasteiger partial charge >= 0.3 is 0 Å². The lowest BCUT2D eigenvalue weighted by atomic mass is 9.87. The first-order valence-electron chi connectivity index (χ1n) is 5.96. The smallest absolute Gasteiger partial charge is 0.227 e. The van der Waals surface area contributed by atoms with Gasteiger partial charge in [-0.05, 0) is 11.6 Å². The second kappa shape index (κ2) is 6.54. The van der Waals surface area contributed by atoms with Crippen LogP contribution >= 0.6 is 58.0 Å². The molecular weight excluding hydrogens is 373 g/mol. The molecule has 2 aromatic rings. The van der Waals surface area contributed by atoms with Crippen molar-refractivity contribution in [3.8, 4) is 0 Å². The number of ether oxygens (including phenoxy) is 1. The molecule has 0 bridgehead atoms. The summed E-state index contributed by atoms with van der Waals surface area (Å²) in [6.07, 6.45) is 0. The van der Waals surface area contributed by atoms with Crippen molar-refractivity contribution < 1.29 is 4.74 Å². The molecule has 21 heavy (non-hydrogen) atoms. The Morgan fingerprint density at radius 3 is 2.00 bits per heavy atom. The van der Waals surface area contributed by atoms with E-state index in [1.165, 1.54) is 7.11 Å². The first-order chi connectivity index (χ1) is 9.84. The minimum Gasteiger partial charge on any atom is -0.364 e. The molecule has 112 valence electrons. The van der Waals surface area contributed by atoms with Crippen LogP contribution in [-0.2, 0) is 10.3 Å². The van der Waals surface area contributed by atoms with E-state index < -0.39 is 9.39 Å². The zero-order chi connectivity index (χ0) is 15.7. The van der Waals surface area contributed by atoms with Crippen molar-refractivity contribution in [3.05, 3.63) is 69.7 Å². The predicted octanol–water partition coefficient (Wildman–Crippen LogP) is 6.25. The van der Waals surface area contributed by atoms with E-state index >= 15 is 0 Å². The maximum Gasteiger partial charge on any atom is 0.227 e. The molecule has 0 N–H and O–H groups in total. The highest BCUT2D eigenvalue weighted by atomic mass is 35.6. The molecule has 2 rings (SSSR count). The summed E-state index contributed by atoms with van der Waals surface area (Å²) < 4.78 is 3.88. The molecule has 0 saturated heterocycles. The van der Waals surface area contributed by atoms with Gasteiger partial charge in [0.15, 0.2) is 5.60 Å². The molecule has 0 aliphatic rings. The molecule has 0 saturated carbocycles. The van der Waals surface area contributed by atoms with E-state index in [4.69, 9.17) is 62.7 Å². The highest BCUT2D eigenvalue weighted by Gasteiger charge is 2.53. The van der Waals surface area contributed by atoms with Crippen molar-refractivity contribution in [1.82, 2.24) is 0 Å². The first kappa shape index (κ1) is 17.2. The van der Waals surface area contributed by atoms with Crippen LogP contribution in [0, 0.1) is 0 Å². The Morgan fingerprint density at radius 1 is 0.857 bits per heavy atom. The average Bonchev–Trinajstić information content (AvgIpc) is 2.44. The van der Waals surface area contributed by atoms with Gasteiger partial charge < -0.3 is 4.74 Å². The first-order valence-corrected chi connectivity index (χ1v) is 7.85. The second-order valence-electron chi connectivity index (χ2n) is 4.35. The van der Waals surface area contributed by atoms with Gasteiger partial charge in [-0.3, -0.25) is 0 Å². The van der Waals surface area contributed by atoms with Crippen LogP contribution in [0.15, 0.2) is 48.5 Å². The van der Waals surface area contributed by atoms with E-state index in [0.29, 0.717) is 16.1 Å². The van der Waals surface area contributed by atoms with E-state index in [-0.39, 0.29) is 5.02 Å². The standard InChI is InChI=1S/C15H11Cl5O/c1-21-14(15(18,19)20,10-6-3-2-4-7-10)11-8-5-9-12(16)13(11)17/h2-9H,1H3. The van der Waals surface area contributed by atoms with Crippen molar-refractivity contribution in [1.29, 1.82) is 0 Å². The molecule has 1 nitrogen and oxygen atoms in total. The number of methoxy groups -OCH3 is 1. The zero-order valence-corrected chi connectivity index (χ0v) is 14.7. The summed E-state index contributed by atoms with van der Waals surface area (Å²) in [6.45, 7) is 0. The minimum atomic E-state index is -1.79. The summed E-state index contributed by atoms with van der Waals surface area (Å²) in [5.74, 6) is 0. The number of hydrogen-bond acceptors (Lipinski definition) is 1. The SMILES string of the molecule is COC(c1ccccc1)(c1cccc(Cl)c1Cl)C(Cl)(Cl)Cl. The van der Waals surface area contributed by atoms with Gasteiger partial charge in [0.05, 0.1) is 10.0 Å². The average molecular weight is 385 g/mol. The Bertz CT molecular complexity index is 624. The molecule has 1 atom stereocenters. The third kappa shape index (κ3) is 3.01. The van der Waals surface area contributed by atoms with Crippen molar-refractivity contribution in [3.63, 3.8) is 0 Å². The van der Waals surface area contributed by atoms with Crippen LogP contribution < -0.4 is 0 Å². The fraction of sp³-hybridized carbons (Fsp3) is 0.200. The van der Waals surface area contributed by atoms with Gasteiger partial charge in [0.1, 0.15) is 0 Å². The minimum absolute atomic E-state index is 0.288. The lowest BCUT2D eigenvalue weighted by Crippen LogP contribution is -2.43. The van der Waals surface area contributed by atoms with Gasteiger partial charge in [0, 0.05) is 12.7 Å². The Balaban J connectivity index is 2.82. The number of hydrogen-bond donors (Lipinski definition) is 0. The molecule has 0 heterocycles. The molecule has 0 aliphatic carbocycles. The Kier molecular flexibility index (Phi) is 5.36. The third-order valence-corrected chi connectivity index (χ3v) is 4.83. The highest BCUT2D eigenvalue weighted by molar-refractivity contribution is 6.68. The quantitative estimate of drug-likeness (QED) is 0.568.